The van der Waals surface area contributed by atoms with Crippen molar-refractivity contribution in [1.29, 1.82) is 0 Å². The summed E-state index contributed by atoms with van der Waals surface area (Å²) in [4.78, 5) is 0. The molecule has 0 saturated heterocycles. The molecule has 0 radical (unpaired) electrons. The average Bonchev–Trinajstić information content (AvgIpc) is 2.62. The highest BCUT2D eigenvalue weighted by molar-refractivity contribution is 5.48. The normalized spacial score (nSPS) is 16.7. The highest BCUT2D eigenvalue weighted by Gasteiger charge is 2.36. The van der Waals surface area contributed by atoms with Gasteiger partial charge < -0.3 is 9.47 Å². The molecular formula is C22H28O2. The van der Waals surface area contributed by atoms with Gasteiger partial charge in [0.1, 0.15) is 11.5 Å². The number of benzene rings is 2. The van der Waals surface area contributed by atoms with Crippen LogP contribution in [0, 0.1) is 13.8 Å². The Morgan fingerprint density at radius 3 is 1.54 bits per heavy atom. The lowest BCUT2D eigenvalue weighted by Gasteiger charge is -2.39. The highest BCUT2D eigenvalue weighted by Crippen LogP contribution is 2.46. The zero-order valence-electron chi connectivity index (χ0n) is 15.3. The molecule has 0 aliphatic heterocycles. The Bertz CT molecular complexity index is 656. The number of rotatable bonds is 4. The number of aryl methyl sites for hydroxylation is 2. The van der Waals surface area contributed by atoms with E-state index in [2.05, 4.69) is 50.2 Å². The summed E-state index contributed by atoms with van der Waals surface area (Å²) in [6, 6.07) is 13.4. The predicted molar refractivity (Wildman–Crippen MR) is 99.3 cm³/mol. The van der Waals surface area contributed by atoms with E-state index in [0.717, 1.165) is 11.5 Å². The molecular weight excluding hydrogens is 296 g/mol. The summed E-state index contributed by atoms with van der Waals surface area (Å²) in [6.07, 6.45) is 6.34. The summed E-state index contributed by atoms with van der Waals surface area (Å²) in [5, 5.41) is 0. The quantitative estimate of drug-likeness (QED) is 0.732. The Balaban J connectivity index is 2.11. The number of hydrogen-bond acceptors (Lipinski definition) is 2. The third-order valence-electron chi connectivity index (χ3n) is 5.60. The minimum absolute atomic E-state index is 0.117. The lowest BCUT2D eigenvalue weighted by molar-refractivity contribution is 0.344. The van der Waals surface area contributed by atoms with Gasteiger partial charge in [-0.3, -0.25) is 0 Å². The van der Waals surface area contributed by atoms with Crippen LogP contribution in [0.1, 0.15) is 54.4 Å². The number of methoxy groups -OCH3 is 2. The van der Waals surface area contributed by atoms with Gasteiger partial charge in [-0.2, -0.15) is 0 Å². The fourth-order valence-electron chi connectivity index (χ4n) is 4.25. The van der Waals surface area contributed by atoms with Crippen LogP contribution in [-0.4, -0.2) is 14.2 Å². The van der Waals surface area contributed by atoms with Crippen LogP contribution in [0.5, 0.6) is 11.5 Å². The van der Waals surface area contributed by atoms with Crippen LogP contribution in [0.2, 0.25) is 0 Å². The molecule has 0 bridgehead atoms. The van der Waals surface area contributed by atoms with Crippen LogP contribution < -0.4 is 9.47 Å². The monoisotopic (exact) mass is 324 g/mol. The largest absolute Gasteiger partial charge is 0.496 e. The van der Waals surface area contributed by atoms with Gasteiger partial charge in [-0.25, -0.2) is 0 Å². The molecule has 2 aromatic rings. The van der Waals surface area contributed by atoms with Crippen molar-refractivity contribution in [2.75, 3.05) is 14.2 Å². The fourth-order valence-corrected chi connectivity index (χ4v) is 4.25. The van der Waals surface area contributed by atoms with Crippen molar-refractivity contribution in [3.8, 4) is 11.5 Å². The van der Waals surface area contributed by atoms with Gasteiger partial charge in [0.05, 0.1) is 14.2 Å². The first kappa shape index (κ1) is 16.9. The van der Waals surface area contributed by atoms with E-state index in [-0.39, 0.29) is 5.41 Å². The molecule has 0 heterocycles. The van der Waals surface area contributed by atoms with Gasteiger partial charge in [0.25, 0.3) is 0 Å². The molecule has 0 aromatic heterocycles. The van der Waals surface area contributed by atoms with E-state index in [1.807, 2.05) is 0 Å². The van der Waals surface area contributed by atoms with Crippen LogP contribution in [0.25, 0.3) is 0 Å². The van der Waals surface area contributed by atoms with E-state index in [0.29, 0.717) is 0 Å². The zero-order chi connectivity index (χ0) is 17.2. The Morgan fingerprint density at radius 2 is 1.17 bits per heavy atom. The zero-order valence-corrected chi connectivity index (χ0v) is 15.3. The van der Waals surface area contributed by atoms with Gasteiger partial charge in [-0.05, 0) is 61.1 Å². The highest BCUT2D eigenvalue weighted by atomic mass is 16.5. The Kier molecular flexibility index (Phi) is 4.84. The second-order valence-corrected chi connectivity index (χ2v) is 7.01. The Hall–Kier alpha value is -1.96. The molecule has 2 aromatic carbocycles. The number of hydrogen-bond donors (Lipinski definition) is 0. The Morgan fingerprint density at radius 1 is 0.708 bits per heavy atom. The second-order valence-electron chi connectivity index (χ2n) is 7.01. The molecule has 2 heteroatoms. The van der Waals surface area contributed by atoms with Crippen LogP contribution in [0.15, 0.2) is 36.4 Å². The summed E-state index contributed by atoms with van der Waals surface area (Å²) >= 11 is 0. The van der Waals surface area contributed by atoms with Gasteiger partial charge in [-0.1, -0.05) is 43.5 Å². The van der Waals surface area contributed by atoms with Crippen molar-refractivity contribution < 1.29 is 9.47 Å². The third kappa shape index (κ3) is 2.90. The SMILES string of the molecule is COc1ccc(C2(c3ccc(OC)c(C)c3)CCCCC2)cc1C. The van der Waals surface area contributed by atoms with E-state index < -0.39 is 0 Å². The minimum Gasteiger partial charge on any atom is -0.496 e. The molecule has 1 fully saturated rings. The molecule has 0 atom stereocenters. The first-order valence-corrected chi connectivity index (χ1v) is 8.91. The van der Waals surface area contributed by atoms with Gasteiger partial charge in [-0.15, -0.1) is 0 Å². The summed E-state index contributed by atoms with van der Waals surface area (Å²) in [7, 11) is 3.48. The van der Waals surface area contributed by atoms with E-state index in [4.69, 9.17) is 9.47 Å². The molecule has 0 N–H and O–H groups in total. The molecule has 1 aliphatic carbocycles. The van der Waals surface area contributed by atoms with Gasteiger partial charge >= 0.3 is 0 Å². The van der Waals surface area contributed by atoms with Crippen molar-refractivity contribution in [2.45, 2.75) is 51.4 Å². The maximum atomic E-state index is 5.46. The van der Waals surface area contributed by atoms with Crippen LogP contribution in [0.3, 0.4) is 0 Å². The van der Waals surface area contributed by atoms with Crippen molar-refractivity contribution in [3.63, 3.8) is 0 Å². The van der Waals surface area contributed by atoms with Crippen LogP contribution in [-0.2, 0) is 5.41 Å². The molecule has 0 spiro atoms. The third-order valence-corrected chi connectivity index (χ3v) is 5.60. The maximum Gasteiger partial charge on any atom is 0.121 e. The summed E-state index contributed by atoms with van der Waals surface area (Å²) in [5.41, 5.74) is 5.39. The lowest BCUT2D eigenvalue weighted by Crippen LogP contribution is -2.30. The summed E-state index contributed by atoms with van der Waals surface area (Å²) in [5.74, 6) is 1.94. The standard InChI is InChI=1S/C22H28O2/c1-16-14-18(8-10-20(16)23-3)22(12-6-5-7-13-22)19-9-11-21(24-4)17(2)15-19/h8-11,14-15H,5-7,12-13H2,1-4H3. The van der Waals surface area contributed by atoms with Crippen molar-refractivity contribution in [2.24, 2.45) is 0 Å². The van der Waals surface area contributed by atoms with Crippen LogP contribution in [0.4, 0.5) is 0 Å². The van der Waals surface area contributed by atoms with Crippen molar-refractivity contribution in [1.82, 2.24) is 0 Å². The van der Waals surface area contributed by atoms with Gasteiger partial charge in [0.2, 0.25) is 0 Å². The average molecular weight is 324 g/mol. The smallest absolute Gasteiger partial charge is 0.121 e. The van der Waals surface area contributed by atoms with Crippen molar-refractivity contribution >= 4 is 0 Å². The van der Waals surface area contributed by atoms with Gasteiger partial charge in [0, 0.05) is 5.41 Å². The molecule has 128 valence electrons. The summed E-state index contributed by atoms with van der Waals surface area (Å²) < 4.78 is 10.9. The minimum atomic E-state index is 0.117. The first-order valence-electron chi connectivity index (χ1n) is 8.91. The summed E-state index contributed by atoms with van der Waals surface area (Å²) in [6.45, 7) is 4.27. The molecule has 0 unspecified atom stereocenters. The van der Waals surface area contributed by atoms with E-state index in [9.17, 15) is 0 Å². The molecule has 1 saturated carbocycles. The van der Waals surface area contributed by atoms with Crippen molar-refractivity contribution in [3.05, 3.63) is 58.7 Å². The molecule has 1 aliphatic rings. The molecule has 24 heavy (non-hydrogen) atoms. The lowest BCUT2D eigenvalue weighted by atomic mass is 9.65. The van der Waals surface area contributed by atoms with E-state index >= 15 is 0 Å². The maximum absolute atomic E-state index is 5.46. The van der Waals surface area contributed by atoms with E-state index in [1.165, 1.54) is 54.4 Å². The second kappa shape index (κ2) is 6.88. The molecule has 2 nitrogen and oxygen atoms in total. The Labute approximate surface area is 145 Å². The van der Waals surface area contributed by atoms with E-state index in [1.54, 1.807) is 14.2 Å². The fraction of sp³-hybridized carbons (Fsp3) is 0.455. The molecule has 3 rings (SSSR count). The predicted octanol–water partition coefficient (Wildman–Crippen LogP) is 5.57. The first-order chi connectivity index (χ1) is 11.6. The topological polar surface area (TPSA) is 18.5 Å². The molecule has 0 amide bonds. The van der Waals surface area contributed by atoms with Gasteiger partial charge in [0.15, 0.2) is 0 Å². The number of ether oxygens (including phenoxy) is 2. The van der Waals surface area contributed by atoms with Crippen LogP contribution >= 0.6 is 0 Å².